The summed E-state index contributed by atoms with van der Waals surface area (Å²) in [5.41, 5.74) is 5.87. The second kappa shape index (κ2) is 11.9. The number of fused-ring (bicyclic) bond motifs is 3. The number of benzene rings is 3. The Morgan fingerprint density at radius 1 is 0.951 bits per heavy atom. The lowest BCUT2D eigenvalue weighted by Crippen LogP contribution is -2.50. The second-order valence-corrected chi connectivity index (χ2v) is 13.1. The van der Waals surface area contributed by atoms with Gasteiger partial charge in [0.15, 0.2) is 5.71 Å². The van der Waals surface area contributed by atoms with Gasteiger partial charge >= 0.3 is 6.09 Å². The minimum atomic E-state index is -0.469. The summed E-state index contributed by atoms with van der Waals surface area (Å²) in [6, 6.07) is 22.1. The molecule has 2 aliphatic rings. The molecular formula is C35H44N3O2S+. The van der Waals surface area contributed by atoms with E-state index >= 15 is 0 Å². The quantitative estimate of drug-likeness (QED) is 0.180. The van der Waals surface area contributed by atoms with E-state index < -0.39 is 5.60 Å². The Morgan fingerprint density at radius 2 is 1.66 bits per heavy atom. The lowest BCUT2D eigenvalue weighted by Gasteiger charge is -2.36. The number of hydrogen-bond acceptors (Lipinski definition) is 4. The van der Waals surface area contributed by atoms with Crippen molar-refractivity contribution in [1.82, 2.24) is 4.90 Å². The first-order valence-corrected chi connectivity index (χ1v) is 15.5. The Hall–Kier alpha value is -3.25. The number of hydrogen-bond donors (Lipinski definition) is 1. The number of nitrogens with zero attached hydrogens (tertiary/aromatic N) is 3. The topological polar surface area (TPSA) is 35.8 Å². The van der Waals surface area contributed by atoms with Crippen LogP contribution < -0.4 is 4.90 Å². The van der Waals surface area contributed by atoms with Gasteiger partial charge in [0, 0.05) is 56.0 Å². The zero-order valence-corrected chi connectivity index (χ0v) is 26.1. The van der Waals surface area contributed by atoms with Gasteiger partial charge in [-0.15, -0.1) is 0 Å². The van der Waals surface area contributed by atoms with Crippen LogP contribution in [0, 0.1) is 0 Å². The molecule has 1 amide bonds. The van der Waals surface area contributed by atoms with Crippen LogP contribution in [0.3, 0.4) is 0 Å². The predicted molar refractivity (Wildman–Crippen MR) is 175 cm³/mol. The molecule has 3 aromatic rings. The first-order valence-electron chi connectivity index (χ1n) is 14.9. The molecule has 0 saturated carbocycles. The highest BCUT2D eigenvalue weighted by atomic mass is 32.1. The number of rotatable bonds is 7. The normalized spacial score (nSPS) is 17.0. The highest BCUT2D eigenvalue weighted by molar-refractivity contribution is 7.80. The van der Waals surface area contributed by atoms with Crippen molar-refractivity contribution in [3.05, 3.63) is 77.9 Å². The van der Waals surface area contributed by atoms with Crippen molar-refractivity contribution in [2.24, 2.45) is 0 Å². The Labute approximate surface area is 250 Å². The minimum Gasteiger partial charge on any atom is -0.444 e. The fraction of sp³-hybridized carbons (Fsp3) is 0.429. The summed E-state index contributed by atoms with van der Waals surface area (Å²) in [6.45, 7) is 14.4. The molecule has 3 aromatic carbocycles. The molecule has 5 rings (SSSR count). The molecule has 216 valence electrons. The van der Waals surface area contributed by atoms with E-state index in [-0.39, 0.29) is 11.5 Å². The van der Waals surface area contributed by atoms with E-state index in [2.05, 4.69) is 109 Å². The van der Waals surface area contributed by atoms with Crippen LogP contribution in [0.25, 0.3) is 16.8 Å². The summed E-state index contributed by atoms with van der Waals surface area (Å²) in [6.07, 6.45) is 6.57. The monoisotopic (exact) mass is 570 g/mol. The van der Waals surface area contributed by atoms with Crippen molar-refractivity contribution in [3.63, 3.8) is 0 Å². The van der Waals surface area contributed by atoms with Gasteiger partial charge in [0.05, 0.1) is 5.41 Å². The van der Waals surface area contributed by atoms with Crippen LogP contribution >= 0.6 is 12.6 Å². The molecule has 2 heterocycles. The Morgan fingerprint density at radius 3 is 2.34 bits per heavy atom. The molecule has 0 aliphatic carbocycles. The number of amides is 1. The lowest BCUT2D eigenvalue weighted by atomic mass is 9.79. The molecule has 0 radical (unpaired) electrons. The standard InChI is InChI=1S/C35H43N3O2S/c1-34(2,3)40-33(39)37-23-21-36(22-24-37)28-16-12-26(13-17-28)14-19-31-35(4,5)32-29-11-7-6-10-27(29)15-18-30(32)38(31)20-8-9-25-41/h6-7,10-19H,8-9,20-25H2,1-5H3/p+1. The number of carbonyl (C=O) groups excluding carboxylic acids is 1. The molecule has 0 atom stereocenters. The fourth-order valence-electron chi connectivity index (χ4n) is 6.10. The predicted octanol–water partition coefficient (Wildman–Crippen LogP) is 7.70. The molecule has 0 aromatic heterocycles. The molecule has 41 heavy (non-hydrogen) atoms. The van der Waals surface area contributed by atoms with Crippen molar-refractivity contribution in [2.45, 2.75) is 58.5 Å². The van der Waals surface area contributed by atoms with E-state index in [1.165, 1.54) is 39.0 Å². The van der Waals surface area contributed by atoms with Crippen molar-refractivity contribution in [3.8, 4) is 0 Å². The molecule has 5 nitrogen and oxygen atoms in total. The zero-order valence-electron chi connectivity index (χ0n) is 25.2. The summed E-state index contributed by atoms with van der Waals surface area (Å²) < 4.78 is 8.07. The molecule has 2 aliphatic heterocycles. The highest BCUT2D eigenvalue weighted by Crippen LogP contribution is 2.44. The summed E-state index contributed by atoms with van der Waals surface area (Å²) >= 11 is 4.46. The molecule has 0 unspecified atom stereocenters. The van der Waals surface area contributed by atoms with Crippen molar-refractivity contribution in [1.29, 1.82) is 0 Å². The number of allylic oxidation sites excluding steroid dienone is 1. The lowest BCUT2D eigenvalue weighted by molar-refractivity contribution is -0.438. The van der Waals surface area contributed by atoms with E-state index in [9.17, 15) is 4.79 Å². The molecule has 6 heteroatoms. The Bertz CT molecular complexity index is 1460. The summed E-state index contributed by atoms with van der Waals surface area (Å²) in [7, 11) is 0. The number of piperazine rings is 1. The van der Waals surface area contributed by atoms with Crippen LogP contribution in [0.4, 0.5) is 16.2 Å². The van der Waals surface area contributed by atoms with Crippen molar-refractivity contribution in [2.75, 3.05) is 43.4 Å². The van der Waals surface area contributed by atoms with Crippen LogP contribution in [0.15, 0.2) is 66.7 Å². The van der Waals surface area contributed by atoms with E-state index in [0.29, 0.717) is 13.1 Å². The first kappa shape index (κ1) is 29.2. The average Bonchev–Trinajstić information content (AvgIpc) is 3.17. The maximum Gasteiger partial charge on any atom is 0.410 e. The Balaban J connectivity index is 1.33. The molecule has 0 N–H and O–H groups in total. The third-order valence-corrected chi connectivity index (χ3v) is 8.48. The van der Waals surface area contributed by atoms with Gasteiger partial charge in [0.1, 0.15) is 12.1 Å². The fourth-order valence-corrected chi connectivity index (χ4v) is 6.33. The number of ether oxygens (including phenoxy) is 1. The largest absolute Gasteiger partial charge is 0.444 e. The first-order chi connectivity index (χ1) is 19.6. The molecule has 0 bridgehead atoms. The van der Waals surface area contributed by atoms with Crippen LogP contribution in [0.5, 0.6) is 0 Å². The zero-order chi connectivity index (χ0) is 29.2. The van der Waals surface area contributed by atoms with Gasteiger partial charge in [0.25, 0.3) is 0 Å². The smallest absolute Gasteiger partial charge is 0.410 e. The van der Waals surface area contributed by atoms with Gasteiger partial charge in [-0.25, -0.2) is 4.79 Å². The summed E-state index contributed by atoms with van der Waals surface area (Å²) in [5.74, 6) is 0.912. The number of carbonyl (C=O) groups is 1. The molecule has 0 spiro atoms. The third-order valence-electron chi connectivity index (χ3n) is 8.17. The van der Waals surface area contributed by atoms with E-state index in [1.807, 2.05) is 25.7 Å². The Kier molecular flexibility index (Phi) is 8.51. The number of thiol groups is 1. The van der Waals surface area contributed by atoms with Gasteiger partial charge in [0.2, 0.25) is 5.69 Å². The number of anilines is 1. The number of unbranched alkanes of at least 4 members (excludes halogenated alkanes) is 1. The van der Waals surface area contributed by atoms with Crippen LogP contribution in [-0.2, 0) is 10.2 Å². The van der Waals surface area contributed by atoms with Gasteiger partial charge in [-0.2, -0.15) is 17.2 Å². The molecule has 1 fully saturated rings. The molecular weight excluding hydrogens is 526 g/mol. The molecule has 1 saturated heterocycles. The van der Waals surface area contributed by atoms with Crippen molar-refractivity contribution >= 4 is 52.7 Å². The minimum absolute atomic E-state index is 0.110. The van der Waals surface area contributed by atoms with Gasteiger partial charge < -0.3 is 14.5 Å². The van der Waals surface area contributed by atoms with Crippen molar-refractivity contribution < 1.29 is 14.1 Å². The van der Waals surface area contributed by atoms with Gasteiger partial charge in [-0.05, 0) is 87.4 Å². The van der Waals surface area contributed by atoms with E-state index in [1.54, 1.807) is 0 Å². The van der Waals surface area contributed by atoms with Crippen LogP contribution in [0.1, 0.15) is 58.6 Å². The van der Waals surface area contributed by atoms with Gasteiger partial charge in [-0.3, -0.25) is 0 Å². The maximum absolute atomic E-state index is 12.4. The summed E-state index contributed by atoms with van der Waals surface area (Å²) in [4.78, 5) is 16.6. The SMILES string of the molecule is CC(C)(C)OC(=O)N1CCN(c2ccc(/C=C/C3=[N+](CCCCS)c4ccc5ccccc5c4C3(C)C)cc2)CC1. The van der Waals surface area contributed by atoms with Crippen LogP contribution in [0.2, 0.25) is 0 Å². The highest BCUT2D eigenvalue weighted by Gasteiger charge is 2.45. The van der Waals surface area contributed by atoms with E-state index in [0.717, 1.165) is 38.2 Å². The second-order valence-electron chi connectivity index (χ2n) is 12.7. The summed E-state index contributed by atoms with van der Waals surface area (Å²) in [5, 5.41) is 2.64. The van der Waals surface area contributed by atoms with Crippen LogP contribution in [-0.4, -0.2) is 65.4 Å². The average molecular weight is 571 g/mol. The maximum atomic E-state index is 12.4. The van der Waals surface area contributed by atoms with E-state index in [4.69, 9.17) is 4.74 Å². The third kappa shape index (κ3) is 6.33. The van der Waals surface area contributed by atoms with Gasteiger partial charge in [-0.1, -0.05) is 36.4 Å².